The summed E-state index contributed by atoms with van der Waals surface area (Å²) in [4.78, 5) is 20.2. The minimum atomic E-state index is -0.591. The molecule has 7 heteroatoms. The number of hydrogen-bond acceptors (Lipinski definition) is 5. The maximum atomic E-state index is 13.3. The number of ether oxygens (including phenoxy) is 1. The van der Waals surface area contributed by atoms with E-state index >= 15 is 0 Å². The van der Waals surface area contributed by atoms with Crippen LogP contribution >= 0.6 is 0 Å². The Bertz CT molecular complexity index is 1420. The average Bonchev–Trinajstić information content (AvgIpc) is 3.09. The largest absolute Gasteiger partial charge is 0.378 e. The van der Waals surface area contributed by atoms with E-state index in [4.69, 9.17) is 4.74 Å². The van der Waals surface area contributed by atoms with Crippen LogP contribution in [-0.2, 0) is 17.2 Å². The number of fused-ring (bicyclic) bond motifs is 3. The molecular formula is C25H25N5O2. The number of pyridine rings is 1. The number of nitrogens with zero attached hydrogens (tertiary/aromatic N) is 5. The lowest BCUT2D eigenvalue weighted by atomic mass is 9.86. The molecule has 2 aromatic heterocycles. The molecule has 0 saturated carbocycles. The van der Waals surface area contributed by atoms with Gasteiger partial charge in [0.2, 0.25) is 0 Å². The van der Waals surface area contributed by atoms with Gasteiger partial charge in [-0.05, 0) is 49.7 Å². The van der Waals surface area contributed by atoms with Gasteiger partial charge in [0, 0.05) is 31.2 Å². The minimum absolute atomic E-state index is 0.127. The Morgan fingerprint density at radius 2 is 1.75 bits per heavy atom. The van der Waals surface area contributed by atoms with E-state index in [1.165, 1.54) is 0 Å². The standard InChI is InChI=1S/C25H25N5O2/c1-25(2,16-26)17-4-6-18(7-5-17)30-23-20-14-19(29-10-12-32-13-11-29)8-9-21(20)27-15-22(23)28(3)24(30)31/h4-9,14-15H,10-13H2,1-3H3. The van der Waals surface area contributed by atoms with Crippen LogP contribution in [0.1, 0.15) is 19.4 Å². The van der Waals surface area contributed by atoms with Gasteiger partial charge in [-0.3, -0.25) is 14.1 Å². The lowest BCUT2D eigenvalue weighted by molar-refractivity contribution is 0.122. The zero-order valence-electron chi connectivity index (χ0n) is 18.5. The van der Waals surface area contributed by atoms with Gasteiger partial charge in [-0.2, -0.15) is 5.26 Å². The number of morpholine rings is 1. The lowest BCUT2D eigenvalue weighted by Gasteiger charge is -2.29. The molecule has 4 aromatic rings. The number of benzene rings is 2. The van der Waals surface area contributed by atoms with Gasteiger partial charge < -0.3 is 9.64 Å². The van der Waals surface area contributed by atoms with Crippen molar-refractivity contribution in [1.29, 1.82) is 5.26 Å². The Labute approximate surface area is 186 Å². The Morgan fingerprint density at radius 1 is 1.06 bits per heavy atom. The molecule has 0 radical (unpaired) electrons. The quantitative estimate of drug-likeness (QED) is 0.500. The van der Waals surface area contributed by atoms with Gasteiger partial charge in [-0.25, -0.2) is 4.79 Å². The normalized spacial score (nSPS) is 14.8. The second kappa shape index (κ2) is 7.50. The molecule has 0 N–H and O–H groups in total. The van der Waals surface area contributed by atoms with Crippen molar-refractivity contribution in [1.82, 2.24) is 14.1 Å². The number of anilines is 1. The Balaban J connectivity index is 1.73. The highest BCUT2D eigenvalue weighted by Gasteiger charge is 2.21. The fourth-order valence-corrected chi connectivity index (χ4v) is 4.33. The van der Waals surface area contributed by atoms with Crippen molar-refractivity contribution in [3.05, 3.63) is 64.7 Å². The fourth-order valence-electron chi connectivity index (χ4n) is 4.33. The summed E-state index contributed by atoms with van der Waals surface area (Å²) in [5.41, 5.74) is 4.53. The molecule has 0 bridgehead atoms. The second-order valence-corrected chi connectivity index (χ2v) is 8.75. The molecule has 3 heterocycles. The maximum Gasteiger partial charge on any atom is 0.333 e. The Kier molecular flexibility index (Phi) is 4.75. The highest BCUT2D eigenvalue weighted by Crippen LogP contribution is 2.30. The number of imidazole rings is 1. The summed E-state index contributed by atoms with van der Waals surface area (Å²) in [7, 11) is 1.77. The van der Waals surface area contributed by atoms with Crippen molar-refractivity contribution in [2.75, 3.05) is 31.2 Å². The molecule has 0 spiro atoms. The van der Waals surface area contributed by atoms with E-state index in [0.29, 0.717) is 13.2 Å². The highest BCUT2D eigenvalue weighted by atomic mass is 16.5. The molecule has 7 nitrogen and oxygen atoms in total. The predicted molar refractivity (Wildman–Crippen MR) is 125 cm³/mol. The van der Waals surface area contributed by atoms with Crippen molar-refractivity contribution in [2.45, 2.75) is 19.3 Å². The van der Waals surface area contributed by atoms with E-state index in [1.807, 2.05) is 44.2 Å². The third kappa shape index (κ3) is 3.15. The van der Waals surface area contributed by atoms with E-state index < -0.39 is 5.41 Å². The summed E-state index contributed by atoms with van der Waals surface area (Å²) in [6.45, 7) is 6.88. The molecule has 0 unspecified atom stereocenters. The molecule has 0 aliphatic carbocycles. The van der Waals surface area contributed by atoms with Crippen molar-refractivity contribution in [2.24, 2.45) is 7.05 Å². The van der Waals surface area contributed by atoms with Crippen LogP contribution in [0.25, 0.3) is 27.6 Å². The zero-order chi connectivity index (χ0) is 22.5. The fraction of sp³-hybridized carbons (Fsp3) is 0.320. The monoisotopic (exact) mass is 427 g/mol. The van der Waals surface area contributed by atoms with Crippen molar-refractivity contribution < 1.29 is 4.74 Å². The number of nitriles is 1. The van der Waals surface area contributed by atoms with E-state index in [1.54, 1.807) is 22.4 Å². The predicted octanol–water partition coefficient (Wildman–Crippen LogP) is 3.52. The lowest BCUT2D eigenvalue weighted by Crippen LogP contribution is -2.36. The minimum Gasteiger partial charge on any atom is -0.378 e. The molecule has 5 rings (SSSR count). The Hall–Kier alpha value is -3.63. The molecule has 1 aliphatic heterocycles. The summed E-state index contributed by atoms with van der Waals surface area (Å²) in [5, 5.41) is 10.4. The van der Waals surface area contributed by atoms with Gasteiger partial charge in [0.05, 0.1) is 53.1 Å². The van der Waals surface area contributed by atoms with Gasteiger partial charge in [-0.15, -0.1) is 0 Å². The summed E-state index contributed by atoms with van der Waals surface area (Å²) in [6, 6.07) is 16.2. The zero-order valence-corrected chi connectivity index (χ0v) is 18.5. The molecule has 0 amide bonds. The number of rotatable bonds is 3. The van der Waals surface area contributed by atoms with Crippen LogP contribution in [-0.4, -0.2) is 40.4 Å². The number of aryl methyl sites for hydroxylation is 1. The number of hydrogen-bond donors (Lipinski definition) is 0. The molecule has 1 fully saturated rings. The van der Waals surface area contributed by atoms with Crippen molar-refractivity contribution in [3.63, 3.8) is 0 Å². The van der Waals surface area contributed by atoms with Gasteiger partial charge in [0.25, 0.3) is 0 Å². The van der Waals surface area contributed by atoms with E-state index in [-0.39, 0.29) is 5.69 Å². The Morgan fingerprint density at radius 3 is 2.44 bits per heavy atom. The van der Waals surface area contributed by atoms with Crippen molar-refractivity contribution >= 4 is 27.6 Å². The molecular weight excluding hydrogens is 402 g/mol. The van der Waals surface area contributed by atoms with Crippen LogP contribution in [0.4, 0.5) is 5.69 Å². The first-order valence-electron chi connectivity index (χ1n) is 10.8. The van der Waals surface area contributed by atoms with Crippen LogP contribution in [0.15, 0.2) is 53.5 Å². The highest BCUT2D eigenvalue weighted by molar-refractivity contribution is 6.04. The van der Waals surface area contributed by atoms with Crippen LogP contribution in [0.5, 0.6) is 0 Å². The first-order valence-corrected chi connectivity index (χ1v) is 10.8. The number of aromatic nitrogens is 3. The molecule has 32 heavy (non-hydrogen) atoms. The van der Waals surface area contributed by atoms with Crippen molar-refractivity contribution in [3.8, 4) is 11.8 Å². The first kappa shape index (κ1) is 20.3. The topological polar surface area (TPSA) is 76.1 Å². The molecule has 1 aliphatic rings. The van der Waals surface area contributed by atoms with Crippen LogP contribution in [0, 0.1) is 11.3 Å². The molecule has 2 aromatic carbocycles. The third-order valence-electron chi connectivity index (χ3n) is 6.37. The first-order chi connectivity index (χ1) is 15.4. The van der Waals surface area contributed by atoms with Gasteiger partial charge in [0.15, 0.2) is 0 Å². The molecule has 1 saturated heterocycles. The smallest absolute Gasteiger partial charge is 0.333 e. The maximum absolute atomic E-state index is 13.3. The van der Waals surface area contributed by atoms with Crippen LogP contribution < -0.4 is 10.6 Å². The van der Waals surface area contributed by atoms with E-state index in [9.17, 15) is 10.1 Å². The van der Waals surface area contributed by atoms with Crippen LogP contribution in [0.2, 0.25) is 0 Å². The van der Waals surface area contributed by atoms with Crippen LogP contribution in [0.3, 0.4) is 0 Å². The van der Waals surface area contributed by atoms with Gasteiger partial charge in [0.1, 0.15) is 0 Å². The van der Waals surface area contributed by atoms with E-state index in [2.05, 4.69) is 28.1 Å². The van der Waals surface area contributed by atoms with E-state index in [0.717, 1.165) is 52.0 Å². The molecule has 0 atom stereocenters. The molecule has 162 valence electrons. The average molecular weight is 428 g/mol. The van der Waals surface area contributed by atoms with Gasteiger partial charge >= 0.3 is 5.69 Å². The SMILES string of the molecule is Cn1c(=O)n(-c2ccc(C(C)(C)C#N)cc2)c2c3cc(N4CCOCC4)ccc3ncc21. The summed E-state index contributed by atoms with van der Waals surface area (Å²) in [6.07, 6.45) is 1.76. The third-order valence-corrected chi connectivity index (χ3v) is 6.37. The van der Waals surface area contributed by atoms with Gasteiger partial charge in [-0.1, -0.05) is 12.1 Å². The summed E-state index contributed by atoms with van der Waals surface area (Å²) >= 11 is 0. The summed E-state index contributed by atoms with van der Waals surface area (Å²) < 4.78 is 8.87. The second-order valence-electron chi connectivity index (χ2n) is 8.75. The summed E-state index contributed by atoms with van der Waals surface area (Å²) in [5.74, 6) is 0.